The molecule has 0 aliphatic carbocycles. The van der Waals surface area contributed by atoms with Gasteiger partial charge in [-0.1, -0.05) is 39.5 Å². The normalized spacial score (nSPS) is 11.9. The lowest BCUT2D eigenvalue weighted by molar-refractivity contribution is 0.557. The second kappa shape index (κ2) is 9.12. The summed E-state index contributed by atoms with van der Waals surface area (Å²) in [7, 11) is -3.24. The van der Waals surface area contributed by atoms with Gasteiger partial charge in [0.15, 0.2) is 0 Å². The number of hydrogen-bond donors (Lipinski definition) is 2. The fraction of sp³-hybridized carbons (Fsp3) is 1.00. The highest BCUT2D eigenvalue weighted by Gasteiger charge is 2.06. The highest BCUT2D eigenvalue weighted by Crippen LogP contribution is 1.94. The maximum absolute atomic E-state index is 11.3. The van der Waals surface area contributed by atoms with Crippen molar-refractivity contribution in [3.63, 3.8) is 0 Å². The SMILES string of the molecule is CCCCCNS(=O)(=O)NCCCCC. The second-order valence-corrected chi connectivity index (χ2v) is 5.29. The Morgan fingerprint density at radius 3 is 1.53 bits per heavy atom. The fourth-order valence-corrected chi connectivity index (χ4v) is 2.14. The molecule has 0 aromatic rings. The molecule has 0 aliphatic heterocycles. The molecule has 0 heterocycles. The van der Waals surface area contributed by atoms with Gasteiger partial charge in [0, 0.05) is 13.1 Å². The zero-order valence-electron chi connectivity index (χ0n) is 9.88. The smallest absolute Gasteiger partial charge is 0.202 e. The molecule has 0 rings (SSSR count). The fourth-order valence-electron chi connectivity index (χ4n) is 1.21. The Kier molecular flexibility index (Phi) is 9.04. The van der Waals surface area contributed by atoms with Crippen molar-refractivity contribution in [1.29, 1.82) is 0 Å². The molecule has 0 aromatic heterocycles. The molecule has 0 aliphatic rings. The first kappa shape index (κ1) is 14.9. The number of nitrogens with one attached hydrogen (secondary N) is 2. The van der Waals surface area contributed by atoms with Crippen molar-refractivity contribution >= 4 is 10.2 Å². The largest absolute Gasteiger partial charge is 0.276 e. The van der Waals surface area contributed by atoms with Gasteiger partial charge in [0.2, 0.25) is 0 Å². The third-order valence-electron chi connectivity index (χ3n) is 2.14. The summed E-state index contributed by atoms with van der Waals surface area (Å²) in [6.07, 6.45) is 6.16. The molecule has 0 fully saturated rings. The van der Waals surface area contributed by atoms with E-state index in [1.165, 1.54) is 0 Å². The highest BCUT2D eigenvalue weighted by atomic mass is 32.2. The summed E-state index contributed by atoms with van der Waals surface area (Å²) in [5.74, 6) is 0. The maximum atomic E-state index is 11.3. The van der Waals surface area contributed by atoms with Gasteiger partial charge in [0.1, 0.15) is 0 Å². The van der Waals surface area contributed by atoms with Crippen LogP contribution < -0.4 is 9.44 Å². The van der Waals surface area contributed by atoms with Crippen molar-refractivity contribution in [3.8, 4) is 0 Å². The molecule has 92 valence electrons. The predicted octanol–water partition coefficient (Wildman–Crippen LogP) is 1.79. The van der Waals surface area contributed by atoms with Gasteiger partial charge >= 0.3 is 0 Å². The first-order valence-corrected chi connectivity index (χ1v) is 7.35. The molecule has 0 saturated carbocycles. The molecule has 0 atom stereocenters. The lowest BCUT2D eigenvalue weighted by Gasteiger charge is -2.07. The number of hydrogen-bond acceptors (Lipinski definition) is 2. The summed E-state index contributed by atoms with van der Waals surface area (Å²) in [6, 6.07) is 0. The van der Waals surface area contributed by atoms with Crippen molar-refractivity contribution in [2.45, 2.75) is 52.4 Å². The summed E-state index contributed by atoms with van der Waals surface area (Å²) in [5.41, 5.74) is 0. The Labute approximate surface area is 94.0 Å². The van der Waals surface area contributed by atoms with Crippen molar-refractivity contribution < 1.29 is 8.42 Å². The van der Waals surface area contributed by atoms with Gasteiger partial charge < -0.3 is 0 Å². The van der Waals surface area contributed by atoms with Crippen molar-refractivity contribution in [1.82, 2.24) is 9.44 Å². The quantitative estimate of drug-likeness (QED) is 0.568. The van der Waals surface area contributed by atoms with E-state index in [0.29, 0.717) is 13.1 Å². The Hall–Kier alpha value is -0.130. The summed E-state index contributed by atoms with van der Waals surface area (Å²) in [4.78, 5) is 0. The highest BCUT2D eigenvalue weighted by molar-refractivity contribution is 7.87. The van der Waals surface area contributed by atoms with Crippen LogP contribution in [0.5, 0.6) is 0 Å². The third-order valence-corrected chi connectivity index (χ3v) is 3.31. The Bertz CT molecular complexity index is 210. The van der Waals surface area contributed by atoms with Gasteiger partial charge in [-0.05, 0) is 12.8 Å². The van der Waals surface area contributed by atoms with Crippen LogP contribution in [-0.2, 0) is 10.2 Å². The van der Waals surface area contributed by atoms with E-state index in [1.807, 2.05) is 0 Å². The first-order valence-electron chi connectivity index (χ1n) is 5.86. The van der Waals surface area contributed by atoms with Crippen LogP contribution in [0.3, 0.4) is 0 Å². The molecule has 2 N–H and O–H groups in total. The average molecular weight is 236 g/mol. The molecule has 0 aromatic carbocycles. The molecular weight excluding hydrogens is 212 g/mol. The lowest BCUT2D eigenvalue weighted by Crippen LogP contribution is -2.37. The minimum absolute atomic E-state index is 0.539. The molecule has 0 unspecified atom stereocenters. The average Bonchev–Trinajstić information content (AvgIpc) is 2.20. The minimum Gasteiger partial charge on any atom is -0.202 e. The monoisotopic (exact) mass is 236 g/mol. The van der Waals surface area contributed by atoms with Crippen LogP contribution in [0.25, 0.3) is 0 Å². The topological polar surface area (TPSA) is 58.2 Å². The molecule has 0 saturated heterocycles. The summed E-state index contributed by atoms with van der Waals surface area (Å²) < 4.78 is 27.7. The van der Waals surface area contributed by atoms with Gasteiger partial charge in [0.25, 0.3) is 10.2 Å². The van der Waals surface area contributed by atoms with Crippen LogP contribution in [0.15, 0.2) is 0 Å². The van der Waals surface area contributed by atoms with E-state index in [4.69, 9.17) is 0 Å². The lowest BCUT2D eigenvalue weighted by atomic mass is 10.3. The van der Waals surface area contributed by atoms with E-state index in [0.717, 1.165) is 38.5 Å². The summed E-state index contributed by atoms with van der Waals surface area (Å²) >= 11 is 0. The predicted molar refractivity (Wildman–Crippen MR) is 64.0 cm³/mol. The first-order chi connectivity index (χ1) is 7.12. The Morgan fingerprint density at radius 1 is 0.800 bits per heavy atom. The maximum Gasteiger partial charge on any atom is 0.276 e. The van der Waals surface area contributed by atoms with E-state index in [-0.39, 0.29) is 0 Å². The van der Waals surface area contributed by atoms with Crippen molar-refractivity contribution in [3.05, 3.63) is 0 Å². The molecule has 15 heavy (non-hydrogen) atoms. The molecule has 4 nitrogen and oxygen atoms in total. The summed E-state index contributed by atoms with van der Waals surface area (Å²) in [5, 5.41) is 0. The van der Waals surface area contributed by atoms with Crippen LogP contribution in [0.2, 0.25) is 0 Å². The van der Waals surface area contributed by atoms with Crippen LogP contribution in [0, 0.1) is 0 Å². The van der Waals surface area contributed by atoms with Gasteiger partial charge in [-0.25, -0.2) is 9.44 Å². The Balaban J connectivity index is 3.50. The molecule has 0 spiro atoms. The van der Waals surface area contributed by atoms with E-state index < -0.39 is 10.2 Å². The molecule has 0 radical (unpaired) electrons. The van der Waals surface area contributed by atoms with E-state index in [1.54, 1.807) is 0 Å². The van der Waals surface area contributed by atoms with Gasteiger partial charge in [0.05, 0.1) is 0 Å². The van der Waals surface area contributed by atoms with Crippen LogP contribution in [0.4, 0.5) is 0 Å². The van der Waals surface area contributed by atoms with Gasteiger partial charge in [-0.2, -0.15) is 8.42 Å². The standard InChI is InChI=1S/C10H24N2O2S/c1-3-5-7-9-11-15(13,14)12-10-8-6-4-2/h11-12H,3-10H2,1-2H3. The van der Waals surface area contributed by atoms with E-state index in [9.17, 15) is 8.42 Å². The number of rotatable bonds is 10. The number of unbranched alkanes of at least 4 members (excludes halogenated alkanes) is 4. The molecule has 0 bridgehead atoms. The van der Waals surface area contributed by atoms with Gasteiger partial charge in [-0.3, -0.25) is 0 Å². The van der Waals surface area contributed by atoms with Crippen LogP contribution in [-0.4, -0.2) is 21.5 Å². The molecule has 0 amide bonds. The summed E-state index contributed by atoms with van der Waals surface area (Å²) in [6.45, 7) is 5.27. The van der Waals surface area contributed by atoms with Gasteiger partial charge in [-0.15, -0.1) is 0 Å². The van der Waals surface area contributed by atoms with E-state index in [2.05, 4.69) is 23.3 Å². The van der Waals surface area contributed by atoms with Crippen molar-refractivity contribution in [2.75, 3.05) is 13.1 Å². The minimum atomic E-state index is -3.24. The third kappa shape index (κ3) is 10.2. The van der Waals surface area contributed by atoms with Crippen LogP contribution in [0.1, 0.15) is 52.4 Å². The zero-order valence-corrected chi connectivity index (χ0v) is 10.7. The molecular formula is C10H24N2O2S. The van der Waals surface area contributed by atoms with Crippen molar-refractivity contribution in [2.24, 2.45) is 0 Å². The molecule has 5 heteroatoms. The van der Waals surface area contributed by atoms with Crippen LogP contribution >= 0.6 is 0 Å². The zero-order chi connectivity index (χ0) is 11.6. The Morgan fingerprint density at radius 2 is 1.20 bits per heavy atom. The second-order valence-electron chi connectivity index (χ2n) is 3.71. The van der Waals surface area contributed by atoms with E-state index >= 15 is 0 Å².